The Morgan fingerprint density at radius 3 is 1.79 bits per heavy atom. The van der Waals surface area contributed by atoms with Gasteiger partial charge < -0.3 is 10.6 Å². The molecule has 0 unspecified atom stereocenters. The number of carbonyl (C=O) groups is 1. The summed E-state index contributed by atoms with van der Waals surface area (Å²) >= 11 is 0. The van der Waals surface area contributed by atoms with Crippen molar-refractivity contribution in [3.8, 4) is 0 Å². The van der Waals surface area contributed by atoms with Gasteiger partial charge in [-0.3, -0.25) is 4.79 Å². The smallest absolute Gasteiger partial charge is 0.343 e. The number of anilines is 2. The van der Waals surface area contributed by atoms with Crippen molar-refractivity contribution in [1.29, 1.82) is 0 Å². The van der Waals surface area contributed by atoms with Crippen LogP contribution in [-0.4, -0.2) is 51.3 Å². The molecule has 2 rings (SSSR count). The van der Waals surface area contributed by atoms with Gasteiger partial charge in [0.1, 0.15) is 12.1 Å². The van der Waals surface area contributed by atoms with Crippen LogP contribution in [0.2, 0.25) is 0 Å². The first-order valence-electron chi connectivity index (χ1n) is 8.20. The lowest BCUT2D eigenvalue weighted by molar-refractivity contribution is -0.139. The Morgan fingerprint density at radius 1 is 0.931 bits per heavy atom. The number of hydrogen-bond donors (Lipinski definition) is 2. The van der Waals surface area contributed by atoms with Crippen molar-refractivity contribution in [2.75, 3.05) is 10.6 Å². The average Bonchev–Trinajstić information content (AvgIpc) is 2.58. The van der Waals surface area contributed by atoms with Crippen LogP contribution in [0.4, 0.5) is 47.0 Å². The third-order valence-corrected chi connectivity index (χ3v) is 3.99. The summed E-state index contributed by atoms with van der Waals surface area (Å²) in [5.74, 6) is -5.31. The molecule has 29 heavy (non-hydrogen) atoms. The molecule has 6 nitrogen and oxygen atoms in total. The highest BCUT2D eigenvalue weighted by Crippen LogP contribution is 2.32. The predicted octanol–water partition coefficient (Wildman–Crippen LogP) is 3.98. The van der Waals surface area contributed by atoms with Crippen molar-refractivity contribution < 1.29 is 39.9 Å². The molecule has 1 aliphatic rings. The number of ketones is 1. The van der Waals surface area contributed by atoms with Crippen molar-refractivity contribution in [3.63, 3.8) is 0 Å². The molecular formula is C15H15F8N5O. The molecule has 0 radical (unpaired) electrons. The molecule has 1 heterocycles. The molecule has 162 valence electrons. The summed E-state index contributed by atoms with van der Waals surface area (Å²) in [6, 6.07) is -4.40. The van der Waals surface area contributed by atoms with Crippen LogP contribution < -0.4 is 10.6 Å². The summed E-state index contributed by atoms with van der Waals surface area (Å²) in [6.07, 6.45) is -12.4. The van der Waals surface area contributed by atoms with Crippen LogP contribution in [0.3, 0.4) is 0 Å². The van der Waals surface area contributed by atoms with Gasteiger partial charge in [0.2, 0.25) is 17.7 Å². The lowest BCUT2D eigenvalue weighted by Gasteiger charge is -2.21. The summed E-state index contributed by atoms with van der Waals surface area (Å²) in [5, 5.41) is 3.67. The lowest BCUT2D eigenvalue weighted by Crippen LogP contribution is -2.35. The second-order valence-corrected chi connectivity index (χ2v) is 6.28. The van der Waals surface area contributed by atoms with E-state index in [0.29, 0.717) is 13.8 Å². The molecule has 0 fully saturated rings. The predicted molar refractivity (Wildman–Crippen MR) is 85.3 cm³/mol. The second-order valence-electron chi connectivity index (χ2n) is 6.28. The van der Waals surface area contributed by atoms with E-state index >= 15 is 0 Å². The Labute approximate surface area is 158 Å². The van der Waals surface area contributed by atoms with Gasteiger partial charge in [-0.15, -0.1) is 0 Å². The summed E-state index contributed by atoms with van der Waals surface area (Å²) in [7, 11) is 0. The van der Waals surface area contributed by atoms with E-state index in [1.165, 1.54) is 0 Å². The Hall–Kier alpha value is -2.54. The number of allylic oxidation sites excluding steroid dienone is 2. The van der Waals surface area contributed by atoms with Gasteiger partial charge in [0.05, 0.1) is 0 Å². The van der Waals surface area contributed by atoms with Crippen molar-refractivity contribution in [3.05, 3.63) is 11.7 Å². The minimum atomic E-state index is -4.74. The van der Waals surface area contributed by atoms with Gasteiger partial charge in [0.15, 0.2) is 17.8 Å². The first kappa shape index (κ1) is 22.7. The molecule has 0 aliphatic heterocycles. The number of Topliss-reactive ketones (excluding diaryl/α,β-unsaturated/α-hetero) is 1. The zero-order chi connectivity index (χ0) is 22.1. The Kier molecular flexibility index (Phi) is 6.33. The fourth-order valence-electron chi connectivity index (χ4n) is 2.20. The van der Waals surface area contributed by atoms with E-state index in [0.717, 1.165) is 0 Å². The maximum Gasteiger partial charge on any atom is 0.408 e. The maximum absolute atomic E-state index is 14.1. The number of halogens is 8. The number of nitrogens with one attached hydrogen (secondary N) is 2. The zero-order valence-corrected chi connectivity index (χ0v) is 14.9. The molecule has 3 atom stereocenters. The number of alkyl halides is 7. The van der Waals surface area contributed by atoms with Gasteiger partial charge in [-0.2, -0.15) is 41.3 Å². The molecule has 14 heteroatoms. The molecule has 0 aromatic carbocycles. The van der Waals surface area contributed by atoms with Crippen molar-refractivity contribution >= 4 is 23.3 Å². The highest BCUT2D eigenvalue weighted by molar-refractivity contribution is 6.04. The molecule has 2 N–H and O–H groups in total. The monoisotopic (exact) mass is 433 g/mol. The van der Waals surface area contributed by atoms with E-state index in [4.69, 9.17) is 0 Å². The molecule has 0 bridgehead atoms. The van der Waals surface area contributed by atoms with E-state index in [2.05, 4.69) is 15.0 Å². The lowest BCUT2D eigenvalue weighted by atomic mass is 9.95. The standard InChI is InChI=1S/C15H15F8N5O/c1-5(14(18,19)20)24-12-26-11(7-3-4-8(16)10(29)9(7)17)27-13(28-12)25-6(2)15(21,22)23/h5-6,8H,3-4H2,1-2H3,(H2,24,25,26,27,28)/t5-,6-,8+/m1/s1. The molecule has 0 saturated heterocycles. The van der Waals surface area contributed by atoms with Gasteiger partial charge in [-0.25, -0.2) is 8.78 Å². The Bertz CT molecular complexity index is 767. The van der Waals surface area contributed by atoms with Gasteiger partial charge in [0.25, 0.3) is 0 Å². The minimum Gasteiger partial charge on any atom is -0.343 e. The number of hydrogen-bond acceptors (Lipinski definition) is 6. The number of aromatic nitrogens is 3. The Morgan fingerprint density at radius 2 is 1.38 bits per heavy atom. The fraction of sp³-hybridized carbons (Fsp3) is 0.600. The minimum absolute atomic E-state index is 0.384. The van der Waals surface area contributed by atoms with Crippen molar-refractivity contribution in [2.45, 2.75) is 57.3 Å². The van der Waals surface area contributed by atoms with Crippen LogP contribution in [0, 0.1) is 0 Å². The summed E-state index contributed by atoms with van der Waals surface area (Å²) in [6.45, 7) is 1.40. The summed E-state index contributed by atoms with van der Waals surface area (Å²) in [5.41, 5.74) is -0.531. The van der Waals surface area contributed by atoms with E-state index in [9.17, 15) is 39.9 Å². The van der Waals surface area contributed by atoms with Gasteiger partial charge >= 0.3 is 12.4 Å². The van der Waals surface area contributed by atoms with E-state index < -0.39 is 71.9 Å². The van der Waals surface area contributed by atoms with Gasteiger partial charge in [-0.1, -0.05) is 0 Å². The van der Waals surface area contributed by atoms with Gasteiger partial charge in [-0.05, 0) is 26.7 Å². The highest BCUT2D eigenvalue weighted by atomic mass is 19.4. The zero-order valence-electron chi connectivity index (χ0n) is 14.9. The topological polar surface area (TPSA) is 79.8 Å². The van der Waals surface area contributed by atoms with Crippen LogP contribution in [0.5, 0.6) is 0 Å². The Balaban J connectivity index is 2.48. The SMILES string of the molecule is C[C@@H](Nc1nc(N[C@H](C)C(F)(F)F)nc(C2=C(F)C(=O)[C@@H](F)CC2)n1)C(F)(F)F. The summed E-state index contributed by atoms with van der Waals surface area (Å²) in [4.78, 5) is 22.1. The van der Waals surface area contributed by atoms with Crippen LogP contribution in [0.1, 0.15) is 32.5 Å². The first-order chi connectivity index (χ1) is 13.2. The third kappa shape index (κ3) is 5.50. The van der Waals surface area contributed by atoms with Gasteiger partial charge in [0, 0.05) is 5.57 Å². The first-order valence-corrected chi connectivity index (χ1v) is 8.20. The molecule has 1 aromatic rings. The van der Waals surface area contributed by atoms with Crippen molar-refractivity contribution in [2.24, 2.45) is 0 Å². The highest BCUT2D eigenvalue weighted by Gasteiger charge is 2.39. The maximum atomic E-state index is 14.1. The molecule has 0 saturated carbocycles. The molecule has 0 spiro atoms. The number of nitrogens with zero attached hydrogens (tertiary/aromatic N) is 3. The van der Waals surface area contributed by atoms with E-state index in [1.54, 1.807) is 0 Å². The van der Waals surface area contributed by atoms with E-state index in [1.807, 2.05) is 10.6 Å². The van der Waals surface area contributed by atoms with Crippen LogP contribution in [-0.2, 0) is 4.79 Å². The average molecular weight is 433 g/mol. The number of carbonyl (C=O) groups excluding carboxylic acids is 1. The van der Waals surface area contributed by atoms with Crippen LogP contribution in [0.25, 0.3) is 5.57 Å². The normalized spacial score (nSPS) is 20.5. The van der Waals surface area contributed by atoms with Crippen LogP contribution in [0.15, 0.2) is 5.83 Å². The third-order valence-electron chi connectivity index (χ3n) is 3.99. The number of rotatable bonds is 5. The largest absolute Gasteiger partial charge is 0.408 e. The second kappa shape index (κ2) is 8.06. The quantitative estimate of drug-likeness (QED) is 0.684. The molecule has 1 aromatic heterocycles. The molecule has 0 amide bonds. The molecule has 1 aliphatic carbocycles. The fourth-order valence-corrected chi connectivity index (χ4v) is 2.20. The van der Waals surface area contributed by atoms with Crippen LogP contribution >= 0.6 is 0 Å². The summed E-state index contributed by atoms with van der Waals surface area (Å²) < 4.78 is 104. The van der Waals surface area contributed by atoms with Crippen molar-refractivity contribution in [1.82, 2.24) is 15.0 Å². The van der Waals surface area contributed by atoms with E-state index in [-0.39, 0.29) is 6.42 Å². The molecular weight excluding hydrogens is 418 g/mol.